The third kappa shape index (κ3) is 3.52. The van der Waals surface area contributed by atoms with Crippen LogP contribution in [-0.2, 0) is 19.8 Å². The molecule has 0 atom stereocenters. The van der Waals surface area contributed by atoms with E-state index in [1.807, 2.05) is 0 Å². The Kier molecular flexibility index (Phi) is 4.17. The van der Waals surface area contributed by atoms with Crippen molar-refractivity contribution in [2.24, 2.45) is 7.05 Å². The number of nitrogens with one attached hydrogen (secondary N) is 1. The number of pyridine rings is 1. The van der Waals surface area contributed by atoms with E-state index in [0.717, 1.165) is 10.7 Å². The third-order valence-electron chi connectivity index (χ3n) is 2.70. The van der Waals surface area contributed by atoms with Gasteiger partial charge in [0.05, 0.1) is 17.8 Å². The van der Waals surface area contributed by atoms with E-state index in [1.165, 1.54) is 25.4 Å². The van der Waals surface area contributed by atoms with Crippen LogP contribution in [0.5, 0.6) is 0 Å². The number of amides is 1. The first-order chi connectivity index (χ1) is 9.79. The second kappa shape index (κ2) is 5.72. The van der Waals surface area contributed by atoms with Crippen LogP contribution < -0.4 is 5.32 Å². The number of aryl methyl sites for hydroxylation is 1. The number of carbonyl (C=O) groups excluding carboxylic acids is 1. The van der Waals surface area contributed by atoms with Gasteiger partial charge in [-0.05, 0) is 18.2 Å². The lowest BCUT2D eigenvalue weighted by molar-refractivity contribution is -0.141. The zero-order valence-electron chi connectivity index (χ0n) is 10.8. The summed E-state index contributed by atoms with van der Waals surface area (Å²) in [6.45, 7) is -0.108. The molecule has 0 aromatic carbocycles. The van der Waals surface area contributed by atoms with Gasteiger partial charge in [-0.3, -0.25) is 9.48 Å². The second-order valence-electron chi connectivity index (χ2n) is 4.17. The summed E-state index contributed by atoms with van der Waals surface area (Å²) in [5, 5.41) is 5.85. The summed E-state index contributed by atoms with van der Waals surface area (Å²) in [4.78, 5) is 15.6. The standard InChI is InChI=1S/C12H10ClF3N4O/c1-20-7(5-9(19-20)12(14,15)16)6-18-11(21)8-3-2-4-17-10(8)13/h2-5H,6H2,1H3,(H,18,21). The first kappa shape index (κ1) is 15.3. The van der Waals surface area contributed by atoms with Gasteiger partial charge in [0.15, 0.2) is 5.69 Å². The molecule has 0 fully saturated rings. The first-order valence-electron chi connectivity index (χ1n) is 5.78. The summed E-state index contributed by atoms with van der Waals surface area (Å²) in [5.41, 5.74) is -0.637. The van der Waals surface area contributed by atoms with Crippen LogP contribution in [0.2, 0.25) is 5.15 Å². The number of aromatic nitrogens is 3. The summed E-state index contributed by atoms with van der Waals surface area (Å²) in [6, 6.07) is 3.88. The minimum absolute atomic E-state index is 0.0241. The molecule has 0 saturated carbocycles. The summed E-state index contributed by atoms with van der Waals surface area (Å²) < 4.78 is 38.6. The molecule has 0 radical (unpaired) electrons. The first-order valence-corrected chi connectivity index (χ1v) is 6.15. The van der Waals surface area contributed by atoms with E-state index in [0.29, 0.717) is 0 Å². The largest absolute Gasteiger partial charge is 0.435 e. The molecular weight excluding hydrogens is 309 g/mol. The van der Waals surface area contributed by atoms with Crippen LogP contribution in [0.25, 0.3) is 0 Å². The Morgan fingerprint density at radius 2 is 2.19 bits per heavy atom. The maximum absolute atomic E-state index is 12.5. The number of hydrogen-bond acceptors (Lipinski definition) is 3. The predicted octanol–water partition coefficient (Wildman–Crippen LogP) is 2.42. The van der Waals surface area contributed by atoms with Crippen molar-refractivity contribution in [1.29, 1.82) is 0 Å². The zero-order valence-corrected chi connectivity index (χ0v) is 11.5. The predicted molar refractivity (Wildman–Crippen MR) is 68.6 cm³/mol. The monoisotopic (exact) mass is 318 g/mol. The highest BCUT2D eigenvalue weighted by molar-refractivity contribution is 6.32. The zero-order chi connectivity index (χ0) is 15.6. The molecule has 0 aliphatic carbocycles. The van der Waals surface area contributed by atoms with Crippen LogP contribution in [0, 0.1) is 0 Å². The highest BCUT2D eigenvalue weighted by atomic mass is 35.5. The lowest BCUT2D eigenvalue weighted by Crippen LogP contribution is -2.24. The van der Waals surface area contributed by atoms with Crippen LogP contribution in [0.1, 0.15) is 21.7 Å². The van der Waals surface area contributed by atoms with Gasteiger partial charge < -0.3 is 5.32 Å². The summed E-state index contributed by atoms with van der Waals surface area (Å²) in [6.07, 6.45) is -3.09. The average Bonchev–Trinajstić information content (AvgIpc) is 2.78. The van der Waals surface area contributed by atoms with E-state index < -0.39 is 17.8 Å². The molecule has 0 unspecified atom stereocenters. The highest BCUT2D eigenvalue weighted by Crippen LogP contribution is 2.28. The SMILES string of the molecule is Cn1nc(C(F)(F)F)cc1CNC(=O)c1cccnc1Cl. The molecule has 0 spiro atoms. The fourth-order valence-electron chi connectivity index (χ4n) is 1.63. The lowest BCUT2D eigenvalue weighted by Gasteiger charge is -2.06. The van der Waals surface area contributed by atoms with Crippen LogP contribution >= 0.6 is 11.6 Å². The van der Waals surface area contributed by atoms with Gasteiger partial charge in [-0.1, -0.05) is 11.6 Å². The van der Waals surface area contributed by atoms with Gasteiger partial charge in [0.2, 0.25) is 0 Å². The van der Waals surface area contributed by atoms with Gasteiger partial charge in [0.1, 0.15) is 5.15 Å². The normalized spacial score (nSPS) is 11.5. The second-order valence-corrected chi connectivity index (χ2v) is 4.52. The van der Waals surface area contributed by atoms with E-state index in [2.05, 4.69) is 15.4 Å². The molecule has 5 nitrogen and oxygen atoms in total. The number of hydrogen-bond donors (Lipinski definition) is 1. The Hall–Kier alpha value is -2.09. The van der Waals surface area contributed by atoms with Gasteiger partial charge in [0, 0.05) is 13.2 Å². The number of halogens is 4. The summed E-state index contributed by atoms with van der Waals surface area (Å²) >= 11 is 5.76. The van der Waals surface area contributed by atoms with Gasteiger partial charge in [0.25, 0.3) is 5.91 Å². The highest BCUT2D eigenvalue weighted by Gasteiger charge is 2.34. The van der Waals surface area contributed by atoms with Crippen molar-refractivity contribution in [2.45, 2.75) is 12.7 Å². The molecule has 112 valence electrons. The number of nitrogens with zero attached hydrogens (tertiary/aromatic N) is 3. The van der Waals surface area contributed by atoms with Crippen LogP contribution in [-0.4, -0.2) is 20.7 Å². The number of alkyl halides is 3. The molecule has 0 aliphatic heterocycles. The number of rotatable bonds is 3. The molecule has 2 heterocycles. The Labute approximate surface area is 122 Å². The van der Waals surface area contributed by atoms with Crippen molar-refractivity contribution >= 4 is 17.5 Å². The van der Waals surface area contributed by atoms with Crippen molar-refractivity contribution < 1.29 is 18.0 Å². The van der Waals surface area contributed by atoms with E-state index in [4.69, 9.17) is 11.6 Å². The Morgan fingerprint density at radius 1 is 1.48 bits per heavy atom. The van der Waals surface area contributed by atoms with E-state index in [9.17, 15) is 18.0 Å². The minimum Gasteiger partial charge on any atom is -0.346 e. The number of carbonyl (C=O) groups is 1. The molecule has 0 saturated heterocycles. The molecule has 1 N–H and O–H groups in total. The minimum atomic E-state index is -4.52. The molecule has 2 rings (SSSR count). The van der Waals surface area contributed by atoms with Gasteiger partial charge >= 0.3 is 6.18 Å². The fourth-order valence-corrected chi connectivity index (χ4v) is 1.84. The molecular formula is C12H10ClF3N4O. The maximum atomic E-state index is 12.5. The lowest BCUT2D eigenvalue weighted by atomic mass is 10.2. The van der Waals surface area contributed by atoms with E-state index >= 15 is 0 Å². The molecule has 1 amide bonds. The molecule has 21 heavy (non-hydrogen) atoms. The Bertz CT molecular complexity index is 669. The molecule has 2 aromatic heterocycles. The smallest absolute Gasteiger partial charge is 0.346 e. The summed E-state index contributed by atoms with van der Waals surface area (Å²) in [7, 11) is 1.37. The summed E-state index contributed by atoms with van der Waals surface area (Å²) in [5.74, 6) is -0.525. The molecule has 0 aliphatic rings. The van der Waals surface area contributed by atoms with E-state index in [1.54, 1.807) is 0 Å². The van der Waals surface area contributed by atoms with Crippen LogP contribution in [0.3, 0.4) is 0 Å². The van der Waals surface area contributed by atoms with Crippen molar-refractivity contribution in [3.63, 3.8) is 0 Å². The van der Waals surface area contributed by atoms with Crippen LogP contribution in [0.4, 0.5) is 13.2 Å². The molecule has 2 aromatic rings. The topological polar surface area (TPSA) is 59.8 Å². The van der Waals surface area contributed by atoms with Crippen LogP contribution in [0.15, 0.2) is 24.4 Å². The quantitative estimate of drug-likeness (QED) is 0.884. The Morgan fingerprint density at radius 3 is 2.76 bits per heavy atom. The van der Waals surface area contributed by atoms with Crippen molar-refractivity contribution in [3.8, 4) is 0 Å². The fraction of sp³-hybridized carbons (Fsp3) is 0.250. The maximum Gasteiger partial charge on any atom is 0.435 e. The van der Waals surface area contributed by atoms with Crippen molar-refractivity contribution in [2.75, 3.05) is 0 Å². The van der Waals surface area contributed by atoms with Crippen molar-refractivity contribution in [3.05, 3.63) is 46.5 Å². The van der Waals surface area contributed by atoms with E-state index in [-0.39, 0.29) is 23.0 Å². The third-order valence-corrected chi connectivity index (χ3v) is 3.00. The molecule has 9 heteroatoms. The molecule has 0 bridgehead atoms. The van der Waals surface area contributed by atoms with Gasteiger partial charge in [-0.25, -0.2) is 4.98 Å². The van der Waals surface area contributed by atoms with Gasteiger partial charge in [-0.2, -0.15) is 18.3 Å². The Balaban J connectivity index is 2.09. The van der Waals surface area contributed by atoms with Crippen molar-refractivity contribution in [1.82, 2.24) is 20.1 Å². The average molecular weight is 319 g/mol. The van der Waals surface area contributed by atoms with Gasteiger partial charge in [-0.15, -0.1) is 0 Å².